The van der Waals surface area contributed by atoms with Gasteiger partial charge in [-0.1, -0.05) is 11.8 Å². The maximum atomic E-state index is 12.2. The number of rotatable bonds is 5. The van der Waals surface area contributed by atoms with Crippen molar-refractivity contribution in [3.05, 3.63) is 6.33 Å². The molecule has 1 atom stereocenters. The number of carboxylic acids is 1. The molecule has 1 unspecified atom stereocenters. The quantitative estimate of drug-likeness (QED) is 0.779. The molecule has 1 aliphatic rings. The van der Waals surface area contributed by atoms with Gasteiger partial charge in [0.15, 0.2) is 11.2 Å². The molecule has 0 radical (unpaired) electrons. The van der Waals surface area contributed by atoms with Gasteiger partial charge in [0.1, 0.15) is 6.33 Å². The molecule has 116 valence electrons. The van der Waals surface area contributed by atoms with E-state index >= 15 is 0 Å². The van der Waals surface area contributed by atoms with Crippen molar-refractivity contribution < 1.29 is 19.4 Å². The van der Waals surface area contributed by atoms with Crippen molar-refractivity contribution in [1.29, 1.82) is 0 Å². The number of amides is 1. The Morgan fingerprint density at radius 3 is 3.00 bits per heavy atom. The van der Waals surface area contributed by atoms with E-state index in [2.05, 4.69) is 10.2 Å². The molecule has 1 aromatic rings. The number of nitrogens with zero attached hydrogens (tertiary/aromatic N) is 4. The van der Waals surface area contributed by atoms with E-state index in [-0.39, 0.29) is 24.3 Å². The monoisotopic (exact) mass is 314 g/mol. The Labute approximate surface area is 126 Å². The van der Waals surface area contributed by atoms with Crippen molar-refractivity contribution in [2.45, 2.75) is 31.1 Å². The zero-order valence-electron chi connectivity index (χ0n) is 11.9. The van der Waals surface area contributed by atoms with Crippen molar-refractivity contribution >= 4 is 23.6 Å². The molecule has 9 heteroatoms. The minimum Gasteiger partial charge on any atom is -0.480 e. The average molecular weight is 314 g/mol. The van der Waals surface area contributed by atoms with Crippen LogP contribution in [0.5, 0.6) is 0 Å². The van der Waals surface area contributed by atoms with Gasteiger partial charge in [0, 0.05) is 12.6 Å². The maximum absolute atomic E-state index is 12.2. The number of morpholine rings is 1. The van der Waals surface area contributed by atoms with E-state index in [1.807, 2.05) is 18.4 Å². The summed E-state index contributed by atoms with van der Waals surface area (Å²) in [6.07, 6.45) is 1.62. The van der Waals surface area contributed by atoms with E-state index in [4.69, 9.17) is 9.84 Å². The molecular formula is C12H18N4O4S. The fourth-order valence-corrected chi connectivity index (χ4v) is 2.94. The highest BCUT2D eigenvalue weighted by Gasteiger charge is 2.32. The Balaban J connectivity index is 1.97. The standard InChI is InChI=1S/C12H18N4O4S/c1-8(2)16-7-13-14-12(16)21-6-10(17)15-3-4-20-5-9(15)11(18)19/h7-9H,3-6H2,1-2H3,(H,18,19). The molecule has 8 nitrogen and oxygen atoms in total. The fourth-order valence-electron chi connectivity index (χ4n) is 2.01. The number of thioether (sulfide) groups is 1. The summed E-state index contributed by atoms with van der Waals surface area (Å²) in [5.74, 6) is -1.14. The van der Waals surface area contributed by atoms with Crippen LogP contribution in [0.3, 0.4) is 0 Å². The zero-order valence-corrected chi connectivity index (χ0v) is 12.7. The molecule has 0 bridgehead atoms. The lowest BCUT2D eigenvalue weighted by molar-refractivity contribution is -0.157. The van der Waals surface area contributed by atoms with E-state index in [1.54, 1.807) is 6.33 Å². The fraction of sp³-hybridized carbons (Fsp3) is 0.667. The third-order valence-electron chi connectivity index (χ3n) is 3.16. The van der Waals surface area contributed by atoms with Gasteiger partial charge >= 0.3 is 5.97 Å². The number of hydrogen-bond donors (Lipinski definition) is 1. The average Bonchev–Trinajstić information content (AvgIpc) is 2.93. The van der Waals surface area contributed by atoms with Crippen molar-refractivity contribution in [2.24, 2.45) is 0 Å². The smallest absolute Gasteiger partial charge is 0.328 e. The van der Waals surface area contributed by atoms with Crippen molar-refractivity contribution in [3.63, 3.8) is 0 Å². The summed E-state index contributed by atoms with van der Waals surface area (Å²) in [6.45, 7) is 4.69. The van der Waals surface area contributed by atoms with Gasteiger partial charge in [0.05, 0.1) is 19.0 Å². The Hall–Kier alpha value is -1.61. The van der Waals surface area contributed by atoms with Gasteiger partial charge in [-0.2, -0.15) is 0 Å². The zero-order chi connectivity index (χ0) is 15.4. The summed E-state index contributed by atoms with van der Waals surface area (Å²) in [5.41, 5.74) is 0. The summed E-state index contributed by atoms with van der Waals surface area (Å²) < 4.78 is 6.98. The molecule has 0 saturated carbocycles. The molecule has 1 saturated heterocycles. The normalized spacial score (nSPS) is 19.0. The van der Waals surface area contributed by atoms with Crippen LogP contribution in [-0.4, -0.2) is 68.2 Å². The lowest BCUT2D eigenvalue weighted by Crippen LogP contribution is -2.53. The highest BCUT2D eigenvalue weighted by molar-refractivity contribution is 7.99. The molecule has 0 aliphatic carbocycles. The molecule has 1 aromatic heterocycles. The Morgan fingerprint density at radius 2 is 2.33 bits per heavy atom. The van der Waals surface area contributed by atoms with Gasteiger partial charge in [-0.25, -0.2) is 4.79 Å². The third-order valence-corrected chi connectivity index (χ3v) is 4.10. The summed E-state index contributed by atoms with van der Waals surface area (Å²) in [7, 11) is 0. The maximum Gasteiger partial charge on any atom is 0.328 e. The Kier molecular flexibility index (Phi) is 5.18. The first-order valence-corrected chi connectivity index (χ1v) is 7.61. The number of aromatic nitrogens is 3. The number of carboxylic acid groups (broad SMARTS) is 1. The van der Waals surface area contributed by atoms with Crippen molar-refractivity contribution in [2.75, 3.05) is 25.5 Å². The number of aliphatic carboxylic acids is 1. The third kappa shape index (κ3) is 3.73. The van der Waals surface area contributed by atoms with E-state index in [1.165, 1.54) is 16.7 Å². The number of carbonyl (C=O) groups excluding carboxylic acids is 1. The summed E-state index contributed by atoms with van der Waals surface area (Å²) in [5, 5.41) is 17.6. The first-order valence-electron chi connectivity index (χ1n) is 6.63. The number of ether oxygens (including phenoxy) is 1. The molecule has 1 fully saturated rings. The van der Waals surface area contributed by atoms with Crippen molar-refractivity contribution in [1.82, 2.24) is 19.7 Å². The summed E-state index contributed by atoms with van der Waals surface area (Å²) in [6, 6.07) is -0.706. The van der Waals surface area contributed by atoms with Gasteiger partial charge in [-0.15, -0.1) is 10.2 Å². The van der Waals surface area contributed by atoms with Gasteiger partial charge in [-0.3, -0.25) is 4.79 Å². The minimum absolute atomic E-state index is 0.0356. The Bertz CT molecular complexity index is 519. The van der Waals surface area contributed by atoms with Gasteiger partial charge in [0.2, 0.25) is 5.91 Å². The second-order valence-electron chi connectivity index (χ2n) is 4.92. The first kappa shape index (κ1) is 15.8. The molecule has 1 N–H and O–H groups in total. The van der Waals surface area contributed by atoms with Crippen LogP contribution in [0.2, 0.25) is 0 Å². The van der Waals surface area contributed by atoms with E-state index in [0.29, 0.717) is 18.3 Å². The van der Waals surface area contributed by atoms with Gasteiger partial charge in [0.25, 0.3) is 0 Å². The van der Waals surface area contributed by atoms with Crippen LogP contribution in [-0.2, 0) is 14.3 Å². The summed E-state index contributed by atoms with van der Waals surface area (Å²) >= 11 is 1.26. The van der Waals surface area contributed by atoms with Crippen molar-refractivity contribution in [3.8, 4) is 0 Å². The summed E-state index contributed by atoms with van der Waals surface area (Å²) in [4.78, 5) is 24.7. The topological polar surface area (TPSA) is 97.5 Å². The van der Waals surface area contributed by atoms with Crippen LogP contribution < -0.4 is 0 Å². The molecule has 0 spiro atoms. The molecular weight excluding hydrogens is 296 g/mol. The van der Waals surface area contributed by atoms with Crippen LogP contribution in [0.15, 0.2) is 11.5 Å². The predicted molar refractivity (Wildman–Crippen MR) is 75.1 cm³/mol. The van der Waals surface area contributed by atoms with Crippen LogP contribution in [0.4, 0.5) is 0 Å². The van der Waals surface area contributed by atoms with E-state index in [0.717, 1.165) is 0 Å². The second-order valence-corrected chi connectivity index (χ2v) is 5.86. The van der Waals surface area contributed by atoms with Crippen LogP contribution in [0.1, 0.15) is 19.9 Å². The molecule has 2 heterocycles. The number of carbonyl (C=O) groups is 2. The van der Waals surface area contributed by atoms with Gasteiger partial charge in [-0.05, 0) is 13.8 Å². The first-order chi connectivity index (χ1) is 10.0. The van der Waals surface area contributed by atoms with Crippen LogP contribution >= 0.6 is 11.8 Å². The molecule has 2 rings (SSSR count). The largest absolute Gasteiger partial charge is 0.480 e. The van der Waals surface area contributed by atoms with E-state index < -0.39 is 12.0 Å². The minimum atomic E-state index is -1.04. The lowest BCUT2D eigenvalue weighted by Gasteiger charge is -2.32. The highest BCUT2D eigenvalue weighted by Crippen LogP contribution is 2.20. The lowest BCUT2D eigenvalue weighted by atomic mass is 10.2. The van der Waals surface area contributed by atoms with Crippen LogP contribution in [0, 0.1) is 0 Å². The molecule has 21 heavy (non-hydrogen) atoms. The second kappa shape index (κ2) is 6.90. The molecule has 1 amide bonds. The van der Waals surface area contributed by atoms with E-state index in [9.17, 15) is 9.59 Å². The molecule has 0 aromatic carbocycles. The Morgan fingerprint density at radius 1 is 1.57 bits per heavy atom. The van der Waals surface area contributed by atoms with Gasteiger partial charge < -0.3 is 19.3 Å². The van der Waals surface area contributed by atoms with Crippen LogP contribution in [0.25, 0.3) is 0 Å². The molecule has 1 aliphatic heterocycles. The SMILES string of the molecule is CC(C)n1cnnc1SCC(=O)N1CCOCC1C(=O)O. The predicted octanol–water partition coefficient (Wildman–Crippen LogP) is 0.263. The number of hydrogen-bond acceptors (Lipinski definition) is 6. The highest BCUT2D eigenvalue weighted by atomic mass is 32.2.